The number of nitrogens with zero attached hydrogens (tertiary/aromatic N) is 2. The number of rotatable bonds is 7. The molecule has 1 aliphatic heterocycles. The Balaban J connectivity index is 0.00000243. The van der Waals surface area contributed by atoms with Gasteiger partial charge in [-0.15, -0.1) is 24.0 Å². The number of halogens is 2. The van der Waals surface area contributed by atoms with Crippen LogP contribution in [0.4, 0.5) is 0 Å². The summed E-state index contributed by atoms with van der Waals surface area (Å²) in [5, 5.41) is 7.84. The third-order valence-corrected chi connectivity index (χ3v) is 5.35. The fraction of sp³-hybridized carbons (Fsp3) is 0.650. The van der Waals surface area contributed by atoms with Crippen LogP contribution >= 0.6 is 35.6 Å². The molecule has 1 aromatic carbocycles. The Morgan fingerprint density at radius 1 is 1.15 bits per heavy atom. The van der Waals surface area contributed by atoms with Gasteiger partial charge >= 0.3 is 0 Å². The van der Waals surface area contributed by atoms with Crippen LogP contribution in [0.15, 0.2) is 29.3 Å². The minimum atomic E-state index is 0. The molecule has 0 aromatic heterocycles. The van der Waals surface area contributed by atoms with Crippen LogP contribution in [0.25, 0.3) is 0 Å². The summed E-state index contributed by atoms with van der Waals surface area (Å²) in [6.07, 6.45) is 6.40. The molecule has 146 valence electrons. The molecule has 3 rings (SSSR count). The van der Waals surface area contributed by atoms with Crippen LogP contribution in [0.2, 0.25) is 5.02 Å². The third-order valence-electron chi connectivity index (χ3n) is 5.10. The predicted octanol–water partition coefficient (Wildman–Crippen LogP) is 4.28. The number of benzene rings is 1. The van der Waals surface area contributed by atoms with Crippen molar-refractivity contribution in [2.24, 2.45) is 10.9 Å². The van der Waals surface area contributed by atoms with Crippen molar-refractivity contribution >= 4 is 41.5 Å². The van der Waals surface area contributed by atoms with Gasteiger partial charge in [-0.05, 0) is 49.8 Å². The number of guanidine groups is 1. The first kappa shape index (κ1) is 21.8. The minimum Gasteiger partial charge on any atom is -0.357 e. The molecule has 2 N–H and O–H groups in total. The second kappa shape index (κ2) is 11.3. The van der Waals surface area contributed by atoms with E-state index in [0.29, 0.717) is 6.04 Å². The molecule has 1 aliphatic carbocycles. The molecule has 0 spiro atoms. The number of hydrogen-bond acceptors (Lipinski definition) is 2. The zero-order valence-corrected chi connectivity index (χ0v) is 18.8. The molecular formula is C20H32ClIN4. The minimum absolute atomic E-state index is 0. The summed E-state index contributed by atoms with van der Waals surface area (Å²) in [5.41, 5.74) is 1.34. The zero-order valence-electron chi connectivity index (χ0n) is 15.7. The van der Waals surface area contributed by atoms with E-state index >= 15 is 0 Å². The van der Waals surface area contributed by atoms with Crippen molar-refractivity contribution in [1.82, 2.24) is 15.5 Å². The highest BCUT2D eigenvalue weighted by molar-refractivity contribution is 14.0. The molecule has 0 radical (unpaired) electrons. The normalized spacial score (nSPS) is 19.1. The smallest absolute Gasteiger partial charge is 0.191 e. The maximum Gasteiger partial charge on any atom is 0.191 e. The molecule has 26 heavy (non-hydrogen) atoms. The molecule has 0 atom stereocenters. The zero-order chi connectivity index (χ0) is 17.5. The molecule has 1 saturated heterocycles. The van der Waals surface area contributed by atoms with Crippen LogP contribution in [0.5, 0.6) is 0 Å². The van der Waals surface area contributed by atoms with Crippen molar-refractivity contribution in [2.75, 3.05) is 26.2 Å². The van der Waals surface area contributed by atoms with E-state index in [4.69, 9.17) is 16.6 Å². The lowest BCUT2D eigenvalue weighted by molar-refractivity contribution is 0.198. The van der Waals surface area contributed by atoms with Crippen LogP contribution in [0.1, 0.15) is 44.6 Å². The van der Waals surface area contributed by atoms with Crippen molar-refractivity contribution in [3.8, 4) is 0 Å². The Bertz CT molecular complexity index is 551. The molecule has 0 bridgehead atoms. The van der Waals surface area contributed by atoms with Gasteiger partial charge in [0.25, 0.3) is 0 Å². The molecule has 1 aromatic rings. The highest BCUT2D eigenvalue weighted by Gasteiger charge is 2.21. The van der Waals surface area contributed by atoms with Gasteiger partial charge in [0.2, 0.25) is 0 Å². The number of likely N-dealkylation sites (tertiary alicyclic amines) is 1. The predicted molar refractivity (Wildman–Crippen MR) is 122 cm³/mol. The first-order chi connectivity index (χ1) is 12.2. The fourth-order valence-corrected chi connectivity index (χ4v) is 3.49. The number of aliphatic imine (C=N–C) groups is 1. The van der Waals surface area contributed by atoms with Crippen LogP contribution in [-0.4, -0.2) is 43.1 Å². The Labute approximate surface area is 180 Å². The molecule has 1 heterocycles. The van der Waals surface area contributed by atoms with Gasteiger partial charge in [-0.2, -0.15) is 0 Å². The van der Waals surface area contributed by atoms with Crippen molar-refractivity contribution in [1.29, 1.82) is 0 Å². The summed E-state index contributed by atoms with van der Waals surface area (Å²) in [4.78, 5) is 7.28. The molecule has 0 amide bonds. The lowest BCUT2D eigenvalue weighted by atomic mass is 10.0. The topological polar surface area (TPSA) is 39.7 Å². The summed E-state index contributed by atoms with van der Waals surface area (Å²) in [6.45, 7) is 7.27. The van der Waals surface area contributed by atoms with Crippen molar-refractivity contribution in [3.05, 3.63) is 34.9 Å². The average molecular weight is 491 g/mol. The van der Waals surface area contributed by atoms with Crippen molar-refractivity contribution in [2.45, 2.75) is 51.6 Å². The van der Waals surface area contributed by atoms with Gasteiger partial charge in [-0.1, -0.05) is 36.6 Å². The van der Waals surface area contributed by atoms with Gasteiger partial charge < -0.3 is 10.6 Å². The molecule has 1 saturated carbocycles. The van der Waals surface area contributed by atoms with E-state index in [1.54, 1.807) is 0 Å². The highest BCUT2D eigenvalue weighted by Crippen LogP contribution is 2.32. The van der Waals surface area contributed by atoms with E-state index in [1.807, 2.05) is 12.1 Å². The summed E-state index contributed by atoms with van der Waals surface area (Å²) < 4.78 is 0. The van der Waals surface area contributed by atoms with E-state index in [1.165, 1.54) is 37.7 Å². The molecule has 0 unspecified atom stereocenters. The third kappa shape index (κ3) is 7.61. The lowest BCUT2D eigenvalue weighted by Crippen LogP contribution is -2.48. The quantitative estimate of drug-likeness (QED) is 0.340. The summed E-state index contributed by atoms with van der Waals surface area (Å²) in [7, 11) is 0. The maximum atomic E-state index is 5.97. The van der Waals surface area contributed by atoms with E-state index in [9.17, 15) is 0 Å². The molecular weight excluding hydrogens is 459 g/mol. The van der Waals surface area contributed by atoms with E-state index in [-0.39, 0.29) is 24.0 Å². The van der Waals surface area contributed by atoms with Gasteiger partial charge in [0.15, 0.2) is 5.96 Å². The summed E-state index contributed by atoms with van der Waals surface area (Å²) >= 11 is 5.97. The second-order valence-corrected chi connectivity index (χ2v) is 7.75. The Morgan fingerprint density at radius 3 is 2.46 bits per heavy atom. The van der Waals surface area contributed by atoms with Gasteiger partial charge in [0.1, 0.15) is 0 Å². The number of piperidine rings is 1. The van der Waals surface area contributed by atoms with Gasteiger partial charge in [0, 0.05) is 43.8 Å². The highest BCUT2D eigenvalue weighted by atomic mass is 127. The Hall–Kier alpha value is -0.530. The van der Waals surface area contributed by atoms with E-state index in [2.05, 4.69) is 34.6 Å². The van der Waals surface area contributed by atoms with Crippen molar-refractivity contribution in [3.63, 3.8) is 0 Å². The molecule has 6 heteroatoms. The fourth-order valence-electron chi connectivity index (χ4n) is 3.36. The monoisotopic (exact) mass is 490 g/mol. The number of nitrogens with one attached hydrogen (secondary N) is 2. The molecule has 4 nitrogen and oxygen atoms in total. The van der Waals surface area contributed by atoms with Gasteiger partial charge in [-0.25, -0.2) is 0 Å². The second-order valence-electron chi connectivity index (χ2n) is 7.31. The SMILES string of the molecule is CCNC(=NCCC1CC1)NC1CCN(Cc2ccc(Cl)cc2)CC1.I. The largest absolute Gasteiger partial charge is 0.357 e. The number of hydrogen-bond donors (Lipinski definition) is 2. The van der Waals surface area contributed by atoms with Crippen LogP contribution in [-0.2, 0) is 6.54 Å². The summed E-state index contributed by atoms with van der Waals surface area (Å²) in [6, 6.07) is 8.74. The van der Waals surface area contributed by atoms with Gasteiger partial charge in [-0.3, -0.25) is 9.89 Å². The summed E-state index contributed by atoms with van der Waals surface area (Å²) in [5.74, 6) is 1.95. The Morgan fingerprint density at radius 2 is 1.85 bits per heavy atom. The maximum absolute atomic E-state index is 5.97. The first-order valence-electron chi connectivity index (χ1n) is 9.74. The van der Waals surface area contributed by atoms with Crippen LogP contribution in [0, 0.1) is 5.92 Å². The standard InChI is InChI=1S/C20H31ClN4.HI/c1-2-22-20(23-12-9-16-3-4-16)24-19-10-13-25(14-11-19)15-17-5-7-18(21)8-6-17;/h5-8,16,19H,2-4,9-15H2,1H3,(H2,22,23,24);1H. The van der Waals surface area contributed by atoms with Crippen LogP contribution < -0.4 is 10.6 Å². The molecule has 2 aliphatic rings. The first-order valence-corrected chi connectivity index (χ1v) is 10.1. The average Bonchev–Trinajstić information content (AvgIpc) is 3.43. The molecule has 2 fully saturated rings. The van der Waals surface area contributed by atoms with E-state index in [0.717, 1.165) is 49.6 Å². The van der Waals surface area contributed by atoms with E-state index < -0.39 is 0 Å². The van der Waals surface area contributed by atoms with Gasteiger partial charge in [0.05, 0.1) is 0 Å². The van der Waals surface area contributed by atoms with Crippen LogP contribution in [0.3, 0.4) is 0 Å². The van der Waals surface area contributed by atoms with Crippen molar-refractivity contribution < 1.29 is 0 Å². The lowest BCUT2D eigenvalue weighted by Gasteiger charge is -2.33. The Kier molecular flexibility index (Phi) is 9.50.